The van der Waals surface area contributed by atoms with E-state index in [1.165, 1.54) is 11.8 Å². The molecule has 2 N–H and O–H groups in total. The van der Waals surface area contributed by atoms with Gasteiger partial charge in [0.15, 0.2) is 5.16 Å². The van der Waals surface area contributed by atoms with Crippen LogP contribution >= 0.6 is 27.7 Å². The van der Waals surface area contributed by atoms with Gasteiger partial charge in [-0.2, -0.15) is 0 Å². The van der Waals surface area contributed by atoms with Gasteiger partial charge in [0.1, 0.15) is 5.75 Å². The van der Waals surface area contributed by atoms with E-state index in [1.807, 2.05) is 43.3 Å². The predicted molar refractivity (Wildman–Crippen MR) is 101 cm³/mol. The lowest BCUT2D eigenvalue weighted by molar-refractivity contribution is -0.113. The lowest BCUT2D eigenvalue weighted by Crippen LogP contribution is -2.14. The van der Waals surface area contributed by atoms with Gasteiger partial charge in [-0.15, -0.1) is 0 Å². The minimum atomic E-state index is -0.0752. The van der Waals surface area contributed by atoms with Crippen LogP contribution in [-0.4, -0.2) is 28.7 Å². The summed E-state index contributed by atoms with van der Waals surface area (Å²) in [4.78, 5) is 19.7. The first kappa shape index (κ1) is 16.9. The Bertz CT molecular complexity index is 895. The Labute approximate surface area is 152 Å². The minimum absolute atomic E-state index is 0.0752. The van der Waals surface area contributed by atoms with Crippen LogP contribution in [0.25, 0.3) is 11.0 Å². The summed E-state index contributed by atoms with van der Waals surface area (Å²) in [7, 11) is 1.63. The Kier molecular flexibility index (Phi) is 5.11. The molecule has 0 fully saturated rings. The third-order valence-electron chi connectivity index (χ3n) is 3.46. The number of nitrogens with one attached hydrogen (secondary N) is 2. The van der Waals surface area contributed by atoms with E-state index in [0.29, 0.717) is 5.16 Å². The number of anilines is 1. The molecule has 0 unspecified atom stereocenters. The normalized spacial score (nSPS) is 10.8. The zero-order chi connectivity index (χ0) is 17.1. The molecule has 0 aliphatic heterocycles. The number of aryl methyl sites for hydroxylation is 1. The Hall–Kier alpha value is -1.99. The van der Waals surface area contributed by atoms with Gasteiger partial charge in [-0.05, 0) is 36.8 Å². The van der Waals surface area contributed by atoms with Gasteiger partial charge in [0.05, 0.1) is 23.9 Å². The number of hydrogen-bond donors (Lipinski definition) is 2. The highest BCUT2D eigenvalue weighted by Crippen LogP contribution is 2.24. The number of fused-ring (bicyclic) bond motifs is 1. The summed E-state index contributed by atoms with van der Waals surface area (Å²) >= 11 is 4.82. The van der Waals surface area contributed by atoms with Gasteiger partial charge in [-0.25, -0.2) is 4.98 Å². The van der Waals surface area contributed by atoms with E-state index in [4.69, 9.17) is 4.74 Å². The van der Waals surface area contributed by atoms with Gasteiger partial charge in [0, 0.05) is 16.2 Å². The van der Waals surface area contributed by atoms with Gasteiger partial charge >= 0.3 is 0 Å². The second kappa shape index (κ2) is 7.27. The fraction of sp³-hybridized carbons (Fsp3) is 0.176. The molecule has 24 heavy (non-hydrogen) atoms. The van der Waals surface area contributed by atoms with Crippen LogP contribution in [0.2, 0.25) is 0 Å². The molecule has 0 aliphatic rings. The first-order valence-corrected chi connectivity index (χ1v) is 9.05. The van der Waals surface area contributed by atoms with Gasteiger partial charge in [0.25, 0.3) is 0 Å². The number of halogens is 1. The smallest absolute Gasteiger partial charge is 0.234 e. The summed E-state index contributed by atoms with van der Waals surface area (Å²) in [5, 5.41) is 3.59. The van der Waals surface area contributed by atoms with E-state index >= 15 is 0 Å². The van der Waals surface area contributed by atoms with Crippen molar-refractivity contribution in [2.45, 2.75) is 12.1 Å². The maximum absolute atomic E-state index is 12.1. The van der Waals surface area contributed by atoms with E-state index in [2.05, 4.69) is 31.2 Å². The molecular formula is C17H16BrN3O2S. The summed E-state index contributed by atoms with van der Waals surface area (Å²) in [5.74, 6) is 0.974. The van der Waals surface area contributed by atoms with Crippen molar-refractivity contribution < 1.29 is 9.53 Å². The molecule has 124 valence electrons. The van der Waals surface area contributed by atoms with Crippen LogP contribution in [0.5, 0.6) is 5.75 Å². The predicted octanol–water partition coefficient (Wildman–Crippen LogP) is 4.37. The average Bonchev–Trinajstić information content (AvgIpc) is 2.98. The lowest BCUT2D eigenvalue weighted by Gasteiger charge is -2.06. The van der Waals surface area contributed by atoms with Crippen molar-refractivity contribution in [1.29, 1.82) is 0 Å². The molecule has 1 heterocycles. The third kappa shape index (κ3) is 3.91. The second-order valence-corrected chi connectivity index (χ2v) is 7.04. The maximum atomic E-state index is 12.1. The summed E-state index contributed by atoms with van der Waals surface area (Å²) < 4.78 is 6.16. The van der Waals surface area contributed by atoms with E-state index < -0.39 is 0 Å². The number of methoxy groups -OCH3 is 1. The van der Waals surface area contributed by atoms with Crippen molar-refractivity contribution in [3.05, 3.63) is 46.4 Å². The molecule has 5 nitrogen and oxygen atoms in total. The minimum Gasteiger partial charge on any atom is -0.497 e. The summed E-state index contributed by atoms with van der Waals surface area (Å²) in [6.07, 6.45) is 0. The van der Waals surface area contributed by atoms with Crippen molar-refractivity contribution in [2.75, 3.05) is 18.2 Å². The lowest BCUT2D eigenvalue weighted by atomic mass is 10.2. The number of ether oxygens (including phenoxy) is 1. The highest BCUT2D eigenvalue weighted by Gasteiger charge is 2.09. The molecule has 3 aromatic rings. The number of aromatic nitrogens is 2. The highest BCUT2D eigenvalue weighted by molar-refractivity contribution is 9.10. The summed E-state index contributed by atoms with van der Waals surface area (Å²) in [5.41, 5.74) is 3.63. The monoisotopic (exact) mass is 405 g/mol. The molecule has 0 aliphatic carbocycles. The van der Waals surface area contributed by atoms with Crippen molar-refractivity contribution >= 4 is 50.3 Å². The van der Waals surface area contributed by atoms with Crippen LogP contribution in [0.1, 0.15) is 5.56 Å². The van der Waals surface area contributed by atoms with E-state index in [9.17, 15) is 4.79 Å². The Balaban J connectivity index is 1.62. The molecule has 1 amide bonds. The van der Waals surface area contributed by atoms with E-state index in [1.54, 1.807) is 7.11 Å². The molecule has 0 saturated carbocycles. The van der Waals surface area contributed by atoms with Crippen LogP contribution in [0, 0.1) is 6.92 Å². The fourth-order valence-corrected chi connectivity index (χ4v) is 3.23. The number of carbonyl (C=O) groups is 1. The molecule has 0 saturated heterocycles. The Morgan fingerprint density at radius 2 is 2.17 bits per heavy atom. The van der Waals surface area contributed by atoms with Gasteiger partial charge in [-0.3, -0.25) is 4.79 Å². The number of thioether (sulfide) groups is 1. The molecule has 0 bridgehead atoms. The molecule has 2 aromatic carbocycles. The molecule has 0 spiro atoms. The number of carbonyl (C=O) groups excluding carboxylic acids is 1. The molecule has 3 rings (SSSR count). The van der Waals surface area contributed by atoms with Crippen molar-refractivity contribution in [3.63, 3.8) is 0 Å². The fourth-order valence-electron chi connectivity index (χ4n) is 2.16. The number of rotatable bonds is 5. The van der Waals surface area contributed by atoms with Crippen LogP contribution in [0.3, 0.4) is 0 Å². The largest absolute Gasteiger partial charge is 0.497 e. The maximum Gasteiger partial charge on any atom is 0.234 e. The van der Waals surface area contributed by atoms with Gasteiger partial charge in [0.2, 0.25) is 5.91 Å². The zero-order valence-electron chi connectivity index (χ0n) is 13.2. The van der Waals surface area contributed by atoms with Crippen LogP contribution < -0.4 is 10.1 Å². The van der Waals surface area contributed by atoms with Gasteiger partial charge < -0.3 is 15.0 Å². The number of imidazole rings is 1. The summed E-state index contributed by atoms with van der Waals surface area (Å²) in [6, 6.07) is 11.4. The van der Waals surface area contributed by atoms with E-state index in [-0.39, 0.29) is 11.7 Å². The SMILES string of the molecule is COc1ccc2nc(SCC(=O)Nc3ccc(C)c(Br)c3)[nH]c2c1. The molecular weight excluding hydrogens is 390 g/mol. The zero-order valence-corrected chi connectivity index (χ0v) is 15.6. The summed E-state index contributed by atoms with van der Waals surface area (Å²) in [6.45, 7) is 2.00. The van der Waals surface area contributed by atoms with E-state index in [0.717, 1.165) is 32.5 Å². The number of hydrogen-bond acceptors (Lipinski definition) is 4. The second-order valence-electron chi connectivity index (χ2n) is 5.23. The topological polar surface area (TPSA) is 67.0 Å². The van der Waals surface area contributed by atoms with Crippen molar-refractivity contribution in [1.82, 2.24) is 9.97 Å². The third-order valence-corrected chi connectivity index (χ3v) is 5.19. The van der Waals surface area contributed by atoms with Crippen LogP contribution in [-0.2, 0) is 4.79 Å². The molecule has 0 atom stereocenters. The number of H-pyrrole nitrogens is 1. The number of amides is 1. The molecule has 7 heteroatoms. The highest BCUT2D eigenvalue weighted by atomic mass is 79.9. The molecule has 0 radical (unpaired) electrons. The van der Waals surface area contributed by atoms with Crippen molar-refractivity contribution in [3.8, 4) is 5.75 Å². The number of nitrogens with zero attached hydrogens (tertiary/aromatic N) is 1. The van der Waals surface area contributed by atoms with Crippen molar-refractivity contribution in [2.24, 2.45) is 0 Å². The van der Waals surface area contributed by atoms with Gasteiger partial charge in [-0.1, -0.05) is 33.8 Å². The Morgan fingerprint density at radius 3 is 2.92 bits per heavy atom. The first-order valence-electron chi connectivity index (χ1n) is 7.28. The van der Waals surface area contributed by atoms with Crippen LogP contribution in [0.15, 0.2) is 46.0 Å². The number of benzene rings is 2. The quantitative estimate of drug-likeness (QED) is 0.618. The van der Waals surface area contributed by atoms with Crippen LogP contribution in [0.4, 0.5) is 5.69 Å². The Morgan fingerprint density at radius 1 is 1.33 bits per heavy atom. The average molecular weight is 406 g/mol. The number of aromatic amines is 1. The first-order chi connectivity index (χ1) is 11.5. The standard InChI is InChI=1S/C17H16BrN3O2S/c1-10-3-4-11(7-13(10)18)19-16(22)9-24-17-20-14-6-5-12(23-2)8-15(14)21-17/h3-8H,9H2,1-2H3,(H,19,22)(H,20,21). The molecule has 1 aromatic heterocycles.